The Hall–Kier alpha value is -2.62. The minimum atomic E-state index is -0.452. The summed E-state index contributed by atoms with van der Waals surface area (Å²) < 4.78 is 11.4. The molecule has 2 aromatic rings. The Bertz CT molecular complexity index is 1030. The lowest BCUT2D eigenvalue weighted by atomic mass is 9.70. The van der Waals surface area contributed by atoms with Gasteiger partial charge in [-0.05, 0) is 70.9 Å². The first-order valence-electron chi connectivity index (χ1n) is 10.8. The van der Waals surface area contributed by atoms with Gasteiger partial charge in [0.15, 0.2) is 12.6 Å². The molecular weight excluding hydrogens is 388 g/mol. The SMILES string of the molecule is COc1c(C)cc2c(c1C=O)C1(CC2(C)C)CC(C)(C)c2cc(C)c(OC)c(C=O)c21. The van der Waals surface area contributed by atoms with Crippen LogP contribution in [0.25, 0.3) is 0 Å². The van der Waals surface area contributed by atoms with E-state index in [2.05, 4.69) is 39.8 Å². The summed E-state index contributed by atoms with van der Waals surface area (Å²) in [6.45, 7) is 12.9. The predicted molar refractivity (Wildman–Crippen MR) is 122 cm³/mol. The molecule has 0 fully saturated rings. The number of aldehydes is 2. The molecule has 0 saturated carbocycles. The number of ether oxygens (including phenoxy) is 2. The van der Waals surface area contributed by atoms with E-state index in [9.17, 15) is 9.59 Å². The van der Waals surface area contributed by atoms with Gasteiger partial charge in [-0.25, -0.2) is 0 Å². The summed E-state index contributed by atoms with van der Waals surface area (Å²) in [5, 5.41) is 0. The van der Waals surface area contributed by atoms with Crippen molar-refractivity contribution in [1.82, 2.24) is 0 Å². The Kier molecular flexibility index (Phi) is 4.66. The molecule has 0 aliphatic heterocycles. The molecule has 4 rings (SSSR count). The molecule has 0 saturated heterocycles. The third-order valence-electron chi connectivity index (χ3n) is 7.55. The molecule has 0 radical (unpaired) electrons. The second-order valence-electron chi connectivity index (χ2n) is 10.6. The molecule has 0 heterocycles. The molecule has 31 heavy (non-hydrogen) atoms. The van der Waals surface area contributed by atoms with Gasteiger partial charge in [0.05, 0.1) is 25.3 Å². The van der Waals surface area contributed by atoms with Gasteiger partial charge in [0.2, 0.25) is 0 Å². The standard InChI is InChI=1S/C27H32O4/c1-15-9-19-21(17(11-28)23(15)30-7)27(13-25(19,3)4)14-26(5,6)20-10-16(2)24(31-8)18(12-29)22(20)27/h9-12H,13-14H2,1-8H3. The van der Waals surface area contributed by atoms with E-state index in [1.165, 1.54) is 11.1 Å². The van der Waals surface area contributed by atoms with Gasteiger partial charge >= 0.3 is 0 Å². The molecule has 4 nitrogen and oxygen atoms in total. The van der Waals surface area contributed by atoms with Crippen LogP contribution in [0.15, 0.2) is 12.1 Å². The maximum Gasteiger partial charge on any atom is 0.154 e. The first-order chi connectivity index (χ1) is 14.5. The number of hydrogen-bond donors (Lipinski definition) is 0. The molecule has 2 aromatic carbocycles. The van der Waals surface area contributed by atoms with Gasteiger partial charge in [-0.3, -0.25) is 9.59 Å². The second kappa shape index (κ2) is 6.69. The lowest BCUT2D eigenvalue weighted by molar-refractivity contribution is 0.111. The monoisotopic (exact) mass is 420 g/mol. The number of hydrogen-bond acceptors (Lipinski definition) is 4. The van der Waals surface area contributed by atoms with Crippen LogP contribution in [0.2, 0.25) is 0 Å². The molecule has 0 unspecified atom stereocenters. The van der Waals surface area contributed by atoms with Crippen molar-refractivity contribution in [2.45, 2.75) is 70.6 Å². The van der Waals surface area contributed by atoms with Crippen LogP contribution in [-0.2, 0) is 16.2 Å². The van der Waals surface area contributed by atoms with E-state index >= 15 is 0 Å². The Morgan fingerprint density at radius 1 is 0.742 bits per heavy atom. The Morgan fingerprint density at radius 2 is 1.10 bits per heavy atom. The molecule has 0 atom stereocenters. The molecule has 0 N–H and O–H groups in total. The molecule has 4 heteroatoms. The Morgan fingerprint density at radius 3 is 1.39 bits per heavy atom. The lowest BCUT2D eigenvalue weighted by Gasteiger charge is -2.32. The summed E-state index contributed by atoms with van der Waals surface area (Å²) in [5.41, 5.74) is 6.79. The first kappa shape index (κ1) is 21.6. The van der Waals surface area contributed by atoms with Crippen molar-refractivity contribution in [2.75, 3.05) is 14.2 Å². The van der Waals surface area contributed by atoms with Crippen molar-refractivity contribution in [3.05, 3.63) is 56.6 Å². The van der Waals surface area contributed by atoms with Gasteiger partial charge in [0.25, 0.3) is 0 Å². The Balaban J connectivity index is 2.22. The fraction of sp³-hybridized carbons (Fsp3) is 0.481. The zero-order valence-corrected chi connectivity index (χ0v) is 19.9. The third kappa shape index (κ3) is 2.66. The van der Waals surface area contributed by atoms with E-state index in [4.69, 9.17) is 9.47 Å². The largest absolute Gasteiger partial charge is 0.496 e. The summed E-state index contributed by atoms with van der Waals surface area (Å²) in [4.78, 5) is 25.0. The molecule has 0 bridgehead atoms. The number of benzene rings is 2. The zero-order chi connectivity index (χ0) is 22.9. The van der Waals surface area contributed by atoms with Crippen LogP contribution >= 0.6 is 0 Å². The highest BCUT2D eigenvalue weighted by molar-refractivity contribution is 5.90. The molecular formula is C27H32O4. The Labute approximate surface area is 185 Å². The predicted octanol–water partition coefficient (Wildman–Crippen LogP) is 5.59. The summed E-state index contributed by atoms with van der Waals surface area (Å²) in [6, 6.07) is 4.35. The van der Waals surface area contributed by atoms with Crippen molar-refractivity contribution >= 4 is 12.6 Å². The van der Waals surface area contributed by atoms with E-state index in [0.717, 1.165) is 47.7 Å². The quantitative estimate of drug-likeness (QED) is 0.605. The van der Waals surface area contributed by atoms with Crippen molar-refractivity contribution in [3.8, 4) is 11.5 Å². The van der Waals surface area contributed by atoms with Gasteiger partial charge in [0.1, 0.15) is 11.5 Å². The summed E-state index contributed by atoms with van der Waals surface area (Å²) in [6.07, 6.45) is 3.52. The van der Waals surface area contributed by atoms with E-state index in [1.807, 2.05) is 13.8 Å². The highest BCUT2D eigenvalue weighted by atomic mass is 16.5. The molecule has 0 aromatic heterocycles. The maximum atomic E-state index is 12.5. The van der Waals surface area contributed by atoms with E-state index in [-0.39, 0.29) is 10.8 Å². The molecule has 164 valence electrons. The van der Waals surface area contributed by atoms with E-state index < -0.39 is 5.41 Å². The second-order valence-corrected chi connectivity index (χ2v) is 10.6. The van der Waals surface area contributed by atoms with Crippen LogP contribution in [0.3, 0.4) is 0 Å². The smallest absolute Gasteiger partial charge is 0.154 e. The van der Waals surface area contributed by atoms with Crippen LogP contribution in [-0.4, -0.2) is 26.8 Å². The summed E-state index contributed by atoms with van der Waals surface area (Å²) >= 11 is 0. The first-order valence-corrected chi connectivity index (χ1v) is 10.8. The highest BCUT2D eigenvalue weighted by Crippen LogP contribution is 2.65. The minimum absolute atomic E-state index is 0.153. The minimum Gasteiger partial charge on any atom is -0.496 e. The van der Waals surface area contributed by atoms with Gasteiger partial charge in [-0.1, -0.05) is 39.8 Å². The maximum absolute atomic E-state index is 12.5. The van der Waals surface area contributed by atoms with Gasteiger partial charge in [0, 0.05) is 5.41 Å². The fourth-order valence-corrected chi connectivity index (χ4v) is 6.76. The highest BCUT2D eigenvalue weighted by Gasteiger charge is 2.59. The van der Waals surface area contributed by atoms with Crippen LogP contribution < -0.4 is 9.47 Å². The van der Waals surface area contributed by atoms with Gasteiger partial charge < -0.3 is 9.47 Å². The van der Waals surface area contributed by atoms with Gasteiger partial charge in [-0.2, -0.15) is 0 Å². The van der Waals surface area contributed by atoms with E-state index in [1.54, 1.807) is 14.2 Å². The van der Waals surface area contributed by atoms with E-state index in [0.29, 0.717) is 22.6 Å². The van der Waals surface area contributed by atoms with Crippen LogP contribution in [0.1, 0.15) is 94.6 Å². The van der Waals surface area contributed by atoms with Crippen molar-refractivity contribution in [1.29, 1.82) is 0 Å². The lowest BCUT2D eigenvalue weighted by Crippen LogP contribution is -2.29. The van der Waals surface area contributed by atoms with Crippen LogP contribution in [0, 0.1) is 13.8 Å². The molecule has 2 aliphatic rings. The normalized spacial score (nSPS) is 19.1. The number of carbonyl (C=O) groups excluding carboxylic acids is 2. The number of rotatable bonds is 4. The number of methoxy groups -OCH3 is 2. The van der Waals surface area contributed by atoms with Gasteiger partial charge in [-0.15, -0.1) is 0 Å². The molecule has 2 aliphatic carbocycles. The number of fused-ring (bicyclic) bond motifs is 4. The average Bonchev–Trinajstić information content (AvgIpc) is 3.05. The third-order valence-corrected chi connectivity index (χ3v) is 7.55. The van der Waals surface area contributed by atoms with Crippen molar-refractivity contribution in [2.24, 2.45) is 0 Å². The van der Waals surface area contributed by atoms with Crippen LogP contribution in [0.4, 0.5) is 0 Å². The number of carbonyl (C=O) groups is 2. The van der Waals surface area contributed by atoms with Crippen molar-refractivity contribution in [3.63, 3.8) is 0 Å². The topological polar surface area (TPSA) is 52.6 Å². The van der Waals surface area contributed by atoms with Crippen molar-refractivity contribution < 1.29 is 19.1 Å². The molecule has 0 amide bonds. The average molecular weight is 421 g/mol. The summed E-state index contributed by atoms with van der Waals surface area (Å²) in [5.74, 6) is 1.26. The van der Waals surface area contributed by atoms with Crippen LogP contribution in [0.5, 0.6) is 11.5 Å². The fourth-order valence-electron chi connectivity index (χ4n) is 6.76. The summed E-state index contributed by atoms with van der Waals surface area (Å²) in [7, 11) is 3.23. The molecule has 1 spiro atoms. The zero-order valence-electron chi connectivity index (χ0n) is 19.9. The number of aryl methyl sites for hydroxylation is 2.